The van der Waals surface area contributed by atoms with Crippen molar-refractivity contribution in [1.82, 2.24) is 9.62 Å². The van der Waals surface area contributed by atoms with E-state index in [9.17, 15) is 12.8 Å². The van der Waals surface area contributed by atoms with Crippen molar-refractivity contribution in [3.05, 3.63) is 24.0 Å². The second-order valence-electron chi connectivity index (χ2n) is 4.59. The lowest BCUT2D eigenvalue weighted by Crippen LogP contribution is -2.46. The fourth-order valence-electron chi connectivity index (χ4n) is 2.06. The first-order valence-corrected chi connectivity index (χ1v) is 8.12. The van der Waals surface area contributed by atoms with Crippen molar-refractivity contribution in [2.45, 2.75) is 4.90 Å². The number of sulfonamides is 1. The third-order valence-corrected chi connectivity index (χ3v) is 5.06. The van der Waals surface area contributed by atoms with E-state index in [-0.39, 0.29) is 17.3 Å². The summed E-state index contributed by atoms with van der Waals surface area (Å²) >= 11 is 0. The van der Waals surface area contributed by atoms with Gasteiger partial charge in [0, 0.05) is 33.3 Å². The zero-order chi connectivity index (χ0) is 15.3. The Bertz CT molecular complexity index is 574. The number of rotatable bonds is 6. The fourth-order valence-corrected chi connectivity index (χ4v) is 3.65. The Hall–Kier alpha value is -1.22. The van der Waals surface area contributed by atoms with E-state index in [0.717, 1.165) is 6.07 Å². The lowest BCUT2D eigenvalue weighted by molar-refractivity contribution is 0.144. The van der Waals surface area contributed by atoms with Crippen molar-refractivity contribution in [3.63, 3.8) is 0 Å². The first kappa shape index (κ1) is 16.2. The van der Waals surface area contributed by atoms with Crippen molar-refractivity contribution in [2.75, 3.05) is 46.5 Å². The molecule has 0 amide bonds. The van der Waals surface area contributed by atoms with Gasteiger partial charge in [0.05, 0.1) is 6.61 Å². The van der Waals surface area contributed by atoms with Crippen molar-refractivity contribution < 1.29 is 22.3 Å². The van der Waals surface area contributed by atoms with Crippen molar-refractivity contribution in [1.29, 1.82) is 0 Å². The van der Waals surface area contributed by atoms with Crippen LogP contribution in [0.3, 0.4) is 0 Å². The highest BCUT2D eigenvalue weighted by atomic mass is 32.2. The van der Waals surface area contributed by atoms with E-state index in [1.807, 2.05) is 0 Å². The van der Waals surface area contributed by atoms with E-state index in [1.54, 1.807) is 0 Å². The van der Waals surface area contributed by atoms with Crippen LogP contribution in [0.2, 0.25) is 0 Å². The number of hydrogen-bond acceptors (Lipinski definition) is 5. The molecule has 1 heterocycles. The van der Waals surface area contributed by atoms with Crippen LogP contribution in [0, 0.1) is 5.82 Å². The number of ether oxygens (including phenoxy) is 2. The summed E-state index contributed by atoms with van der Waals surface area (Å²) in [5.41, 5.74) is 0. The predicted molar refractivity (Wildman–Crippen MR) is 75.4 cm³/mol. The van der Waals surface area contributed by atoms with Crippen LogP contribution in [-0.2, 0) is 14.8 Å². The van der Waals surface area contributed by atoms with Gasteiger partial charge in [0.25, 0.3) is 0 Å². The summed E-state index contributed by atoms with van der Waals surface area (Å²) < 4.78 is 50.3. The zero-order valence-corrected chi connectivity index (χ0v) is 12.7. The van der Waals surface area contributed by atoms with E-state index in [2.05, 4.69) is 5.32 Å². The SMILES string of the molecule is COCCOc1ccc(F)cc1S(=O)(=O)N1CCNCC1. The van der Waals surface area contributed by atoms with Crippen LogP contribution in [0.5, 0.6) is 5.75 Å². The molecule has 0 saturated carbocycles. The lowest BCUT2D eigenvalue weighted by atomic mass is 10.3. The Morgan fingerprint density at radius 1 is 1.29 bits per heavy atom. The summed E-state index contributed by atoms with van der Waals surface area (Å²) in [5.74, 6) is -0.463. The Morgan fingerprint density at radius 2 is 2.00 bits per heavy atom. The van der Waals surface area contributed by atoms with Crippen LogP contribution in [0.1, 0.15) is 0 Å². The molecule has 0 radical (unpaired) electrons. The second kappa shape index (κ2) is 7.17. The summed E-state index contributed by atoms with van der Waals surface area (Å²) in [4.78, 5) is -0.138. The molecule has 1 fully saturated rings. The van der Waals surface area contributed by atoms with Gasteiger partial charge in [0.15, 0.2) is 0 Å². The normalized spacial score (nSPS) is 16.9. The largest absolute Gasteiger partial charge is 0.490 e. The first-order valence-electron chi connectivity index (χ1n) is 6.68. The van der Waals surface area contributed by atoms with E-state index >= 15 is 0 Å². The Kier molecular flexibility index (Phi) is 5.51. The molecule has 21 heavy (non-hydrogen) atoms. The molecule has 0 atom stereocenters. The van der Waals surface area contributed by atoms with Crippen molar-refractivity contribution in [3.8, 4) is 5.75 Å². The molecule has 1 saturated heterocycles. The molecule has 8 heteroatoms. The molecule has 0 spiro atoms. The van der Waals surface area contributed by atoms with Gasteiger partial charge in [-0.2, -0.15) is 4.31 Å². The molecular formula is C13H19FN2O4S. The average molecular weight is 318 g/mol. The van der Waals surface area contributed by atoms with Gasteiger partial charge < -0.3 is 14.8 Å². The summed E-state index contributed by atoms with van der Waals surface area (Å²) in [7, 11) is -2.24. The summed E-state index contributed by atoms with van der Waals surface area (Å²) in [6.45, 7) is 2.40. The zero-order valence-electron chi connectivity index (χ0n) is 11.8. The first-order chi connectivity index (χ1) is 10.1. The molecule has 6 nitrogen and oxygen atoms in total. The van der Waals surface area contributed by atoms with Gasteiger partial charge in [-0.3, -0.25) is 0 Å². The molecule has 118 valence electrons. The average Bonchev–Trinajstić information content (AvgIpc) is 2.50. The highest BCUT2D eigenvalue weighted by molar-refractivity contribution is 7.89. The highest BCUT2D eigenvalue weighted by Gasteiger charge is 2.29. The van der Waals surface area contributed by atoms with Crippen LogP contribution in [0.4, 0.5) is 4.39 Å². The van der Waals surface area contributed by atoms with Gasteiger partial charge in [0.1, 0.15) is 23.1 Å². The summed E-state index contributed by atoms with van der Waals surface area (Å²) in [6, 6.07) is 3.51. The van der Waals surface area contributed by atoms with E-state index in [0.29, 0.717) is 32.8 Å². The fraction of sp³-hybridized carbons (Fsp3) is 0.538. The minimum atomic E-state index is -3.76. The molecule has 0 bridgehead atoms. The molecule has 1 aliphatic heterocycles. The third-order valence-electron chi connectivity index (χ3n) is 3.14. The Balaban J connectivity index is 2.29. The molecule has 0 aliphatic carbocycles. The number of benzene rings is 1. The van der Waals surface area contributed by atoms with Gasteiger partial charge in [-0.05, 0) is 18.2 Å². The lowest BCUT2D eigenvalue weighted by Gasteiger charge is -2.27. The maximum absolute atomic E-state index is 13.5. The summed E-state index contributed by atoms with van der Waals surface area (Å²) in [6.07, 6.45) is 0. The number of hydrogen-bond donors (Lipinski definition) is 1. The van der Waals surface area contributed by atoms with Crippen LogP contribution < -0.4 is 10.1 Å². The van der Waals surface area contributed by atoms with Crippen LogP contribution in [-0.4, -0.2) is 59.2 Å². The molecule has 2 rings (SSSR count). The third kappa shape index (κ3) is 3.91. The van der Waals surface area contributed by atoms with Crippen LogP contribution in [0.15, 0.2) is 23.1 Å². The Morgan fingerprint density at radius 3 is 2.67 bits per heavy atom. The molecule has 1 aromatic rings. The monoisotopic (exact) mass is 318 g/mol. The van der Waals surface area contributed by atoms with Gasteiger partial charge in [-0.25, -0.2) is 12.8 Å². The highest BCUT2D eigenvalue weighted by Crippen LogP contribution is 2.28. The van der Waals surface area contributed by atoms with Gasteiger partial charge >= 0.3 is 0 Å². The topological polar surface area (TPSA) is 67.9 Å². The molecule has 0 aromatic heterocycles. The van der Waals surface area contributed by atoms with E-state index < -0.39 is 15.8 Å². The molecule has 1 aromatic carbocycles. The van der Waals surface area contributed by atoms with Gasteiger partial charge in [-0.15, -0.1) is 0 Å². The number of methoxy groups -OCH3 is 1. The van der Waals surface area contributed by atoms with Gasteiger partial charge in [-0.1, -0.05) is 0 Å². The quantitative estimate of drug-likeness (QED) is 0.771. The van der Waals surface area contributed by atoms with Crippen molar-refractivity contribution in [2.24, 2.45) is 0 Å². The molecule has 1 aliphatic rings. The van der Waals surface area contributed by atoms with Crippen molar-refractivity contribution >= 4 is 10.0 Å². The summed E-state index contributed by atoms with van der Waals surface area (Å²) in [5, 5.41) is 3.08. The number of nitrogens with one attached hydrogen (secondary N) is 1. The molecule has 1 N–H and O–H groups in total. The maximum atomic E-state index is 13.5. The minimum absolute atomic E-state index is 0.138. The van der Waals surface area contributed by atoms with Crippen LogP contribution in [0.25, 0.3) is 0 Å². The maximum Gasteiger partial charge on any atom is 0.246 e. The molecular weight excluding hydrogens is 299 g/mol. The second-order valence-corrected chi connectivity index (χ2v) is 6.49. The van der Waals surface area contributed by atoms with Gasteiger partial charge in [0.2, 0.25) is 10.0 Å². The van der Waals surface area contributed by atoms with E-state index in [4.69, 9.17) is 9.47 Å². The Labute approximate surface area is 123 Å². The number of halogens is 1. The number of nitrogens with zero attached hydrogens (tertiary/aromatic N) is 1. The number of piperazine rings is 1. The molecule has 0 unspecified atom stereocenters. The minimum Gasteiger partial charge on any atom is -0.490 e. The smallest absolute Gasteiger partial charge is 0.246 e. The van der Waals surface area contributed by atoms with E-state index in [1.165, 1.54) is 23.5 Å². The standard InChI is InChI=1S/C13H19FN2O4S/c1-19-8-9-20-12-3-2-11(14)10-13(12)21(17,18)16-6-4-15-5-7-16/h2-3,10,15H,4-9H2,1H3. The predicted octanol–water partition coefficient (Wildman–Crippen LogP) is 0.445. The van der Waals surface area contributed by atoms with Crippen LogP contribution >= 0.6 is 0 Å².